The van der Waals surface area contributed by atoms with Gasteiger partial charge in [-0.1, -0.05) is 11.8 Å². The molecular weight excluding hydrogens is 366 g/mol. The summed E-state index contributed by atoms with van der Waals surface area (Å²) in [6, 6.07) is 5.15. The molecular formula is C15H14ClN5O3S. The average molecular weight is 380 g/mol. The number of fused-ring (bicyclic) bond motifs is 1. The Morgan fingerprint density at radius 1 is 1.32 bits per heavy atom. The number of benzene rings is 1. The topological polar surface area (TPSA) is 102 Å². The Bertz CT molecular complexity index is 917. The number of aromatic amines is 1. The summed E-state index contributed by atoms with van der Waals surface area (Å²) in [7, 11) is 3.09. The van der Waals surface area contributed by atoms with E-state index in [1.807, 2.05) is 0 Å². The quantitative estimate of drug-likeness (QED) is 0.385. The van der Waals surface area contributed by atoms with Gasteiger partial charge in [0.2, 0.25) is 11.2 Å². The van der Waals surface area contributed by atoms with E-state index in [9.17, 15) is 4.79 Å². The van der Waals surface area contributed by atoms with Crippen LogP contribution in [0.3, 0.4) is 0 Å². The van der Waals surface area contributed by atoms with Gasteiger partial charge in [0.25, 0.3) is 0 Å². The second-order valence-corrected chi connectivity index (χ2v) is 6.10. The van der Waals surface area contributed by atoms with Crippen molar-refractivity contribution >= 4 is 46.1 Å². The van der Waals surface area contributed by atoms with Gasteiger partial charge >= 0.3 is 0 Å². The lowest BCUT2D eigenvalue weighted by molar-refractivity contribution is -0.113. The molecule has 10 heteroatoms. The van der Waals surface area contributed by atoms with Crippen LogP contribution in [-0.4, -0.2) is 45.8 Å². The van der Waals surface area contributed by atoms with Gasteiger partial charge in [0.15, 0.2) is 5.65 Å². The van der Waals surface area contributed by atoms with E-state index in [0.717, 1.165) is 0 Å². The molecule has 0 aliphatic carbocycles. The lowest BCUT2D eigenvalue weighted by Crippen LogP contribution is -2.15. The van der Waals surface area contributed by atoms with Crippen LogP contribution in [0.5, 0.6) is 11.5 Å². The molecule has 0 unspecified atom stereocenters. The smallest absolute Gasteiger partial charge is 0.234 e. The highest BCUT2D eigenvalue weighted by Crippen LogP contribution is 2.30. The van der Waals surface area contributed by atoms with Crippen molar-refractivity contribution in [3.8, 4) is 11.5 Å². The molecule has 0 aliphatic heterocycles. The molecule has 8 nitrogen and oxygen atoms in total. The fourth-order valence-electron chi connectivity index (χ4n) is 2.11. The van der Waals surface area contributed by atoms with Gasteiger partial charge < -0.3 is 19.8 Å². The molecule has 0 saturated carbocycles. The number of halogens is 1. The number of carbonyl (C=O) groups is 1. The summed E-state index contributed by atoms with van der Waals surface area (Å²) in [6.07, 6.45) is 1.50. The molecule has 0 spiro atoms. The van der Waals surface area contributed by atoms with Crippen LogP contribution in [0.25, 0.3) is 11.2 Å². The number of methoxy groups -OCH3 is 2. The fourth-order valence-corrected chi connectivity index (χ4v) is 3.11. The number of carbonyl (C=O) groups excluding carboxylic acids is 1. The first-order chi connectivity index (χ1) is 12.1. The second-order valence-electron chi connectivity index (χ2n) is 4.80. The Labute approximate surface area is 152 Å². The number of hydrogen-bond acceptors (Lipinski definition) is 7. The largest absolute Gasteiger partial charge is 0.497 e. The minimum Gasteiger partial charge on any atom is -0.497 e. The van der Waals surface area contributed by atoms with Crippen LogP contribution in [0.15, 0.2) is 29.6 Å². The minimum absolute atomic E-state index is 0.0827. The van der Waals surface area contributed by atoms with Crippen molar-refractivity contribution in [3.63, 3.8) is 0 Å². The molecule has 2 N–H and O–H groups in total. The normalized spacial score (nSPS) is 10.7. The molecule has 0 fully saturated rings. The summed E-state index contributed by atoms with van der Waals surface area (Å²) in [5, 5.41) is 3.44. The van der Waals surface area contributed by atoms with E-state index in [1.165, 1.54) is 25.2 Å². The zero-order valence-corrected chi connectivity index (χ0v) is 14.9. The highest BCUT2D eigenvalue weighted by atomic mass is 35.5. The number of rotatable bonds is 6. The van der Waals surface area contributed by atoms with Crippen molar-refractivity contribution in [2.45, 2.75) is 5.03 Å². The van der Waals surface area contributed by atoms with Gasteiger partial charge in [-0.05, 0) is 23.7 Å². The molecule has 1 aromatic carbocycles. The summed E-state index contributed by atoms with van der Waals surface area (Å²) in [5.41, 5.74) is 1.66. The third kappa shape index (κ3) is 3.94. The summed E-state index contributed by atoms with van der Waals surface area (Å²) in [4.78, 5) is 27.4. The van der Waals surface area contributed by atoms with Gasteiger partial charge in [-0.2, -0.15) is 4.98 Å². The number of thioether (sulfide) groups is 1. The van der Waals surface area contributed by atoms with Gasteiger partial charge in [-0.15, -0.1) is 0 Å². The van der Waals surface area contributed by atoms with Gasteiger partial charge in [0, 0.05) is 6.07 Å². The van der Waals surface area contributed by atoms with Crippen molar-refractivity contribution in [3.05, 3.63) is 29.8 Å². The van der Waals surface area contributed by atoms with E-state index in [1.54, 1.807) is 25.3 Å². The molecule has 0 aliphatic rings. The van der Waals surface area contributed by atoms with E-state index < -0.39 is 0 Å². The third-order valence-electron chi connectivity index (χ3n) is 3.25. The minimum atomic E-state index is -0.212. The number of H-pyrrole nitrogens is 1. The van der Waals surface area contributed by atoms with Crippen LogP contribution >= 0.6 is 23.4 Å². The third-order valence-corrected chi connectivity index (χ3v) is 4.39. The lowest BCUT2D eigenvalue weighted by Gasteiger charge is -2.11. The van der Waals surface area contributed by atoms with Crippen LogP contribution in [0.1, 0.15) is 0 Å². The number of aromatic nitrogens is 4. The average Bonchev–Trinajstić information content (AvgIpc) is 3.08. The van der Waals surface area contributed by atoms with Gasteiger partial charge in [-0.3, -0.25) is 4.79 Å². The van der Waals surface area contributed by atoms with Crippen LogP contribution in [-0.2, 0) is 4.79 Å². The molecule has 3 aromatic rings. The Balaban J connectivity index is 1.70. The van der Waals surface area contributed by atoms with Crippen molar-refractivity contribution in [1.82, 2.24) is 19.9 Å². The summed E-state index contributed by atoms with van der Waals surface area (Å²) < 4.78 is 10.4. The Kier molecular flexibility index (Phi) is 5.25. The second kappa shape index (κ2) is 7.58. The number of anilines is 1. The van der Waals surface area contributed by atoms with Gasteiger partial charge in [-0.25, -0.2) is 9.97 Å². The lowest BCUT2D eigenvalue weighted by atomic mass is 10.2. The molecule has 2 heterocycles. The zero-order valence-electron chi connectivity index (χ0n) is 13.4. The highest BCUT2D eigenvalue weighted by molar-refractivity contribution is 8.00. The van der Waals surface area contributed by atoms with Crippen LogP contribution in [0.2, 0.25) is 5.28 Å². The molecule has 0 radical (unpaired) electrons. The van der Waals surface area contributed by atoms with Crippen molar-refractivity contribution < 1.29 is 14.3 Å². The maximum atomic E-state index is 12.2. The molecule has 25 heavy (non-hydrogen) atoms. The number of ether oxygens (including phenoxy) is 2. The van der Waals surface area contributed by atoms with Crippen molar-refractivity contribution in [2.24, 2.45) is 0 Å². The van der Waals surface area contributed by atoms with E-state index in [0.29, 0.717) is 33.4 Å². The number of imidazole rings is 1. The number of hydrogen-bond donors (Lipinski definition) is 2. The summed E-state index contributed by atoms with van der Waals surface area (Å²) >= 11 is 7.11. The molecule has 0 atom stereocenters. The maximum Gasteiger partial charge on any atom is 0.234 e. The zero-order chi connectivity index (χ0) is 17.8. The maximum absolute atomic E-state index is 12.2. The van der Waals surface area contributed by atoms with Crippen molar-refractivity contribution in [1.29, 1.82) is 0 Å². The number of nitrogens with zero attached hydrogens (tertiary/aromatic N) is 3. The monoisotopic (exact) mass is 379 g/mol. The fraction of sp³-hybridized carbons (Fsp3) is 0.200. The van der Waals surface area contributed by atoms with Crippen LogP contribution < -0.4 is 14.8 Å². The summed E-state index contributed by atoms with van der Waals surface area (Å²) in [6.45, 7) is 0. The standard InChI is InChI=1S/C15H14ClN5O3S/c1-23-8-3-4-9(10(5-8)24-2)19-11(22)6-25-14-12-13(18-7-17-12)20-15(16)21-14/h3-5,7H,6H2,1-2H3,(H,19,22)(H,17,18,20,21). The first-order valence-corrected chi connectivity index (χ1v) is 8.48. The molecule has 2 aromatic heterocycles. The number of nitrogens with one attached hydrogen (secondary N) is 2. The van der Waals surface area contributed by atoms with E-state index in [4.69, 9.17) is 21.1 Å². The van der Waals surface area contributed by atoms with Crippen LogP contribution in [0, 0.1) is 0 Å². The number of amides is 1. The Morgan fingerprint density at radius 2 is 2.16 bits per heavy atom. The first-order valence-electron chi connectivity index (χ1n) is 7.12. The van der Waals surface area contributed by atoms with Gasteiger partial charge in [0.05, 0.1) is 32.0 Å². The SMILES string of the molecule is COc1ccc(NC(=O)CSc2nc(Cl)nc3nc[nH]c23)c(OC)c1. The van der Waals surface area contributed by atoms with Crippen LogP contribution in [0.4, 0.5) is 5.69 Å². The molecule has 3 rings (SSSR count). The molecule has 1 amide bonds. The predicted molar refractivity (Wildman–Crippen MR) is 95.6 cm³/mol. The predicted octanol–water partition coefficient (Wildman–Crippen LogP) is 2.75. The van der Waals surface area contributed by atoms with Gasteiger partial charge in [0.1, 0.15) is 22.0 Å². The van der Waals surface area contributed by atoms with E-state index >= 15 is 0 Å². The molecule has 0 bridgehead atoms. The van der Waals surface area contributed by atoms with E-state index in [-0.39, 0.29) is 16.9 Å². The first kappa shape index (κ1) is 17.3. The molecule has 130 valence electrons. The highest BCUT2D eigenvalue weighted by Gasteiger charge is 2.13. The van der Waals surface area contributed by atoms with E-state index in [2.05, 4.69) is 25.3 Å². The Hall–Kier alpha value is -2.52. The van der Waals surface area contributed by atoms with Crippen molar-refractivity contribution in [2.75, 3.05) is 25.3 Å². The Morgan fingerprint density at radius 3 is 2.92 bits per heavy atom. The molecule has 0 saturated heterocycles. The summed E-state index contributed by atoms with van der Waals surface area (Å²) in [5.74, 6) is 1.08.